The fraction of sp³-hybridized carbons (Fsp3) is 0.900. The van der Waals surface area contributed by atoms with Gasteiger partial charge in [0.2, 0.25) is 0 Å². The lowest BCUT2D eigenvalue weighted by Gasteiger charge is -2.15. The molecule has 0 aliphatic heterocycles. The third-order valence-corrected chi connectivity index (χ3v) is 1.67. The molecule has 126 valence electrons. The highest BCUT2D eigenvalue weighted by Crippen LogP contribution is 2.19. The third-order valence-electron chi connectivity index (χ3n) is 1.67. The largest absolute Gasteiger partial charge is 0.0911 e. The number of hydrogen-bond donors (Lipinski definition) is 0. The van der Waals surface area contributed by atoms with Gasteiger partial charge in [0.15, 0.2) is 0 Å². The first-order valence-corrected chi connectivity index (χ1v) is 8.59. The van der Waals surface area contributed by atoms with E-state index in [0.29, 0.717) is 10.8 Å². The van der Waals surface area contributed by atoms with Crippen LogP contribution in [0.2, 0.25) is 0 Å². The molecule has 20 heavy (non-hydrogen) atoms. The van der Waals surface area contributed by atoms with Crippen LogP contribution in [0.25, 0.3) is 0 Å². The van der Waals surface area contributed by atoms with Gasteiger partial charge in [0.25, 0.3) is 0 Å². The van der Waals surface area contributed by atoms with E-state index in [1.807, 2.05) is 6.92 Å². The smallest absolute Gasteiger partial charge is 0.0203 e. The zero-order valence-electron chi connectivity index (χ0n) is 17.0. The summed E-state index contributed by atoms with van der Waals surface area (Å²) < 4.78 is 0. The van der Waals surface area contributed by atoms with E-state index in [4.69, 9.17) is 0 Å². The van der Waals surface area contributed by atoms with Crippen molar-refractivity contribution in [1.82, 2.24) is 0 Å². The zero-order chi connectivity index (χ0) is 17.2. The highest BCUT2D eigenvalue weighted by atomic mass is 14.1. The van der Waals surface area contributed by atoms with Gasteiger partial charge in [-0.25, -0.2) is 0 Å². The van der Waals surface area contributed by atoms with Crippen molar-refractivity contribution < 1.29 is 0 Å². The fourth-order valence-corrected chi connectivity index (χ4v) is 1.25. The van der Waals surface area contributed by atoms with Crippen LogP contribution in [0.5, 0.6) is 0 Å². The van der Waals surface area contributed by atoms with Crippen LogP contribution in [0.4, 0.5) is 0 Å². The van der Waals surface area contributed by atoms with Crippen LogP contribution in [-0.4, -0.2) is 0 Å². The summed E-state index contributed by atoms with van der Waals surface area (Å²) in [4.78, 5) is 0. The first-order chi connectivity index (χ1) is 8.95. The molecular formula is C20H46. The van der Waals surface area contributed by atoms with Crippen LogP contribution in [0, 0.1) is 10.8 Å². The minimum absolute atomic E-state index is 0.370. The Labute approximate surface area is 132 Å². The Morgan fingerprint density at radius 1 is 0.700 bits per heavy atom. The first-order valence-electron chi connectivity index (χ1n) is 8.59. The van der Waals surface area contributed by atoms with Gasteiger partial charge in [0.1, 0.15) is 0 Å². The number of allylic oxidation sites excluding steroid dienone is 2. The predicted molar refractivity (Wildman–Crippen MR) is 101 cm³/mol. The molecule has 0 amide bonds. The van der Waals surface area contributed by atoms with Crippen LogP contribution in [0.3, 0.4) is 0 Å². The summed E-state index contributed by atoms with van der Waals surface area (Å²) in [7, 11) is 0. The summed E-state index contributed by atoms with van der Waals surface area (Å²) in [5.41, 5.74) is 0.920. The second kappa shape index (κ2) is 18.7. The van der Waals surface area contributed by atoms with Crippen molar-refractivity contribution in [1.29, 1.82) is 0 Å². The average molecular weight is 287 g/mol. The van der Waals surface area contributed by atoms with Gasteiger partial charge in [-0.1, -0.05) is 108 Å². The Hall–Kier alpha value is -0.260. The van der Waals surface area contributed by atoms with Gasteiger partial charge in [0.05, 0.1) is 0 Å². The minimum atomic E-state index is 0.370. The van der Waals surface area contributed by atoms with Gasteiger partial charge in [0, 0.05) is 0 Å². The van der Waals surface area contributed by atoms with Gasteiger partial charge in [-0.15, -0.1) is 0 Å². The number of hydrogen-bond acceptors (Lipinski definition) is 0. The van der Waals surface area contributed by atoms with Crippen molar-refractivity contribution in [2.45, 2.75) is 109 Å². The maximum absolute atomic E-state index is 2.27. The first kappa shape index (κ1) is 28.0. The quantitative estimate of drug-likeness (QED) is 0.425. The molecule has 0 saturated heterocycles. The Bertz CT molecular complexity index is 159. The summed E-state index contributed by atoms with van der Waals surface area (Å²) >= 11 is 0. The fourth-order valence-electron chi connectivity index (χ4n) is 1.25. The molecule has 0 aromatic rings. The molecular weight excluding hydrogens is 240 g/mol. The molecule has 0 aromatic heterocycles. The summed E-state index contributed by atoms with van der Waals surface area (Å²) in [6.07, 6.45) is 9.42. The van der Waals surface area contributed by atoms with E-state index < -0.39 is 0 Å². The molecule has 0 aliphatic rings. The van der Waals surface area contributed by atoms with E-state index in [1.165, 1.54) is 25.7 Å². The molecule has 0 nitrogen and oxygen atoms in total. The lowest BCUT2D eigenvalue weighted by Crippen LogP contribution is -2.02. The van der Waals surface area contributed by atoms with Crippen molar-refractivity contribution in [3.8, 4) is 0 Å². The van der Waals surface area contributed by atoms with E-state index in [-0.39, 0.29) is 0 Å². The Morgan fingerprint density at radius 2 is 1.00 bits per heavy atom. The second-order valence-electron chi connectivity index (χ2n) is 7.59. The molecule has 0 fully saturated rings. The lowest BCUT2D eigenvalue weighted by atomic mass is 9.91. The predicted octanol–water partition coefficient (Wildman–Crippen LogP) is 8.27. The maximum Gasteiger partial charge on any atom is -0.0203 e. The summed E-state index contributed by atoms with van der Waals surface area (Å²) in [5.74, 6) is 0. The molecule has 0 radical (unpaired) electrons. The van der Waals surface area contributed by atoms with Crippen LogP contribution in [0.15, 0.2) is 12.2 Å². The average Bonchev–Trinajstić information content (AvgIpc) is 2.16. The van der Waals surface area contributed by atoms with Gasteiger partial charge < -0.3 is 0 Å². The number of rotatable bonds is 1. The topological polar surface area (TPSA) is 0 Å². The van der Waals surface area contributed by atoms with Crippen LogP contribution in [-0.2, 0) is 0 Å². The van der Waals surface area contributed by atoms with Gasteiger partial charge >= 0.3 is 0 Å². The van der Waals surface area contributed by atoms with Crippen LogP contribution < -0.4 is 0 Å². The second-order valence-corrected chi connectivity index (χ2v) is 7.59. The van der Waals surface area contributed by atoms with Gasteiger partial charge in [-0.05, 0) is 24.2 Å². The normalized spacial score (nSPS) is 10.6. The Morgan fingerprint density at radius 3 is 1.00 bits per heavy atom. The van der Waals surface area contributed by atoms with Crippen LogP contribution in [0.1, 0.15) is 109 Å². The summed E-state index contributed by atoms with van der Waals surface area (Å²) in [5, 5.41) is 0. The minimum Gasteiger partial charge on any atom is -0.0911 e. The maximum atomic E-state index is 2.27. The van der Waals surface area contributed by atoms with Crippen molar-refractivity contribution in [3.05, 3.63) is 12.2 Å². The van der Waals surface area contributed by atoms with Crippen LogP contribution >= 0.6 is 0 Å². The molecule has 0 unspecified atom stereocenters. The van der Waals surface area contributed by atoms with Crippen molar-refractivity contribution in [2.24, 2.45) is 10.8 Å². The Kier molecular flexibility index (Phi) is 26.2. The summed E-state index contributed by atoms with van der Waals surface area (Å²) in [6.45, 7) is 26.2. The molecule has 0 bridgehead atoms. The Balaban J connectivity index is -0.0000000927. The van der Waals surface area contributed by atoms with Gasteiger partial charge in [-0.2, -0.15) is 0 Å². The molecule has 0 saturated carbocycles. The molecule has 0 aromatic carbocycles. The molecule has 0 heteroatoms. The highest BCUT2D eigenvalue weighted by Gasteiger charge is 2.06. The standard InChI is InChI=1S/C7H16.C7H14.2C3H8/c2*1-5-6-7(2,3)4;2*1-3-2/h5-6H2,1-4H3;5-6H,1-4H3;2*3H2,1-2H3/b;6-5+;;. The zero-order valence-corrected chi connectivity index (χ0v) is 17.0. The lowest BCUT2D eigenvalue weighted by molar-refractivity contribution is 0.373. The van der Waals surface area contributed by atoms with E-state index >= 15 is 0 Å². The SMILES string of the molecule is C/C=C/C(C)(C)C.CCC.CCC.CCCC(C)(C)C. The van der Waals surface area contributed by atoms with Crippen molar-refractivity contribution in [2.75, 3.05) is 0 Å². The van der Waals surface area contributed by atoms with Crippen molar-refractivity contribution in [3.63, 3.8) is 0 Å². The molecule has 0 rings (SSSR count). The van der Waals surface area contributed by atoms with E-state index in [9.17, 15) is 0 Å². The van der Waals surface area contributed by atoms with Gasteiger partial charge in [-0.3, -0.25) is 0 Å². The van der Waals surface area contributed by atoms with Crippen molar-refractivity contribution >= 4 is 0 Å². The van der Waals surface area contributed by atoms with E-state index in [1.54, 1.807) is 0 Å². The molecule has 0 N–H and O–H groups in total. The highest BCUT2D eigenvalue weighted by molar-refractivity contribution is 4.88. The molecule has 0 heterocycles. The van der Waals surface area contributed by atoms with E-state index in [2.05, 4.69) is 88.3 Å². The molecule has 0 spiro atoms. The monoisotopic (exact) mass is 286 g/mol. The van der Waals surface area contributed by atoms with E-state index in [0.717, 1.165) is 0 Å². The molecule has 0 aliphatic carbocycles. The molecule has 0 atom stereocenters. The third kappa shape index (κ3) is 83.0. The summed E-state index contributed by atoms with van der Waals surface area (Å²) in [6, 6.07) is 0.